The van der Waals surface area contributed by atoms with Gasteiger partial charge in [0.1, 0.15) is 6.04 Å². The van der Waals surface area contributed by atoms with Crippen LogP contribution in [-0.2, 0) is 4.79 Å². The number of likely N-dealkylation sites (tertiary alicyclic amines) is 1. The average Bonchev–Trinajstić information content (AvgIpc) is 3.26. The van der Waals surface area contributed by atoms with E-state index in [1.54, 1.807) is 28.8 Å². The van der Waals surface area contributed by atoms with Crippen molar-refractivity contribution in [1.82, 2.24) is 9.80 Å². The molecule has 0 N–H and O–H groups in total. The minimum absolute atomic E-state index is 0.0455. The fourth-order valence-corrected chi connectivity index (χ4v) is 4.92. The molecule has 0 aliphatic carbocycles. The van der Waals surface area contributed by atoms with Crippen LogP contribution in [0.3, 0.4) is 0 Å². The summed E-state index contributed by atoms with van der Waals surface area (Å²) in [5.74, 6) is 1.41. The first-order chi connectivity index (χ1) is 11.1. The molecule has 0 spiro atoms. The number of hydrogen-bond donors (Lipinski definition) is 0. The van der Waals surface area contributed by atoms with E-state index in [2.05, 4.69) is 13.8 Å². The number of furan rings is 1. The summed E-state index contributed by atoms with van der Waals surface area (Å²) in [6, 6.07) is 3.03. The van der Waals surface area contributed by atoms with Gasteiger partial charge in [0.2, 0.25) is 5.91 Å². The molecule has 5 nitrogen and oxygen atoms in total. The number of carbonyl (C=O) groups excluding carboxylic acids is 2. The van der Waals surface area contributed by atoms with Crippen LogP contribution >= 0.6 is 11.8 Å². The van der Waals surface area contributed by atoms with Crippen LogP contribution in [-0.4, -0.2) is 51.9 Å². The van der Waals surface area contributed by atoms with Crippen molar-refractivity contribution < 1.29 is 14.0 Å². The highest BCUT2D eigenvalue weighted by molar-refractivity contribution is 8.00. The van der Waals surface area contributed by atoms with Crippen LogP contribution in [0, 0.1) is 5.92 Å². The van der Waals surface area contributed by atoms with Gasteiger partial charge in [-0.25, -0.2) is 0 Å². The van der Waals surface area contributed by atoms with Gasteiger partial charge in [0, 0.05) is 18.8 Å². The second-order valence-corrected chi connectivity index (χ2v) is 7.87. The molecule has 2 aliphatic rings. The molecule has 1 aromatic rings. The van der Waals surface area contributed by atoms with E-state index in [1.165, 1.54) is 6.26 Å². The molecule has 0 radical (unpaired) electrons. The van der Waals surface area contributed by atoms with Gasteiger partial charge in [-0.3, -0.25) is 9.59 Å². The molecule has 2 unspecified atom stereocenters. The second kappa shape index (κ2) is 6.99. The summed E-state index contributed by atoms with van der Waals surface area (Å²) in [5.41, 5.74) is 0. The van der Waals surface area contributed by atoms with E-state index in [4.69, 9.17) is 4.42 Å². The molecule has 1 aromatic heterocycles. The molecule has 0 saturated carbocycles. The summed E-state index contributed by atoms with van der Waals surface area (Å²) in [6.07, 6.45) is 4.52. The molecule has 2 saturated heterocycles. The molecule has 2 fully saturated rings. The number of rotatable bonds is 4. The highest BCUT2D eigenvalue weighted by Crippen LogP contribution is 2.35. The van der Waals surface area contributed by atoms with Crippen molar-refractivity contribution >= 4 is 23.6 Å². The van der Waals surface area contributed by atoms with Gasteiger partial charge < -0.3 is 14.2 Å². The predicted molar refractivity (Wildman–Crippen MR) is 90.2 cm³/mol. The lowest BCUT2D eigenvalue weighted by Gasteiger charge is -2.31. The first-order valence-electron chi connectivity index (χ1n) is 8.34. The van der Waals surface area contributed by atoms with Crippen molar-refractivity contribution in [2.45, 2.75) is 44.5 Å². The quantitative estimate of drug-likeness (QED) is 0.848. The van der Waals surface area contributed by atoms with Gasteiger partial charge in [-0.2, -0.15) is 0 Å². The SMILES string of the molecule is CC(C)CC1SCC(C(=O)N2CCCC2)N1C(=O)c1ccco1. The molecule has 2 atom stereocenters. The van der Waals surface area contributed by atoms with Crippen LogP contribution < -0.4 is 0 Å². The molecule has 6 heteroatoms. The third-order valence-corrected chi connectivity index (χ3v) is 5.75. The van der Waals surface area contributed by atoms with E-state index in [0.717, 1.165) is 32.4 Å². The lowest BCUT2D eigenvalue weighted by molar-refractivity contribution is -0.134. The Kier molecular flexibility index (Phi) is 4.99. The molecule has 126 valence electrons. The topological polar surface area (TPSA) is 53.8 Å². The number of nitrogens with zero attached hydrogens (tertiary/aromatic N) is 2. The molecular formula is C17H24N2O3S. The van der Waals surface area contributed by atoms with Crippen molar-refractivity contribution in [2.75, 3.05) is 18.8 Å². The van der Waals surface area contributed by atoms with E-state index in [0.29, 0.717) is 17.4 Å². The van der Waals surface area contributed by atoms with Gasteiger partial charge in [-0.1, -0.05) is 13.8 Å². The summed E-state index contributed by atoms with van der Waals surface area (Å²) in [6.45, 7) is 5.92. The Morgan fingerprint density at radius 1 is 1.35 bits per heavy atom. The van der Waals surface area contributed by atoms with Crippen molar-refractivity contribution in [3.8, 4) is 0 Å². The Bertz CT molecular complexity index is 552. The van der Waals surface area contributed by atoms with Crippen molar-refractivity contribution in [1.29, 1.82) is 0 Å². The molecule has 3 rings (SSSR count). The van der Waals surface area contributed by atoms with E-state index >= 15 is 0 Å². The molecule has 3 heterocycles. The maximum Gasteiger partial charge on any atom is 0.291 e. The van der Waals surface area contributed by atoms with Gasteiger partial charge in [0.25, 0.3) is 5.91 Å². The predicted octanol–water partition coefficient (Wildman–Crippen LogP) is 2.83. The standard InChI is InChI=1S/C17H24N2O3S/c1-12(2)10-15-19(17(21)14-6-5-9-22-14)13(11-23-15)16(20)18-7-3-4-8-18/h5-6,9,12-13,15H,3-4,7-8,10-11H2,1-2H3. The summed E-state index contributed by atoms with van der Waals surface area (Å²) in [5, 5.41) is 0.0455. The van der Waals surface area contributed by atoms with Gasteiger partial charge in [0.15, 0.2) is 5.76 Å². The van der Waals surface area contributed by atoms with Gasteiger partial charge in [0.05, 0.1) is 11.6 Å². The van der Waals surface area contributed by atoms with Crippen LogP contribution in [0.25, 0.3) is 0 Å². The summed E-state index contributed by atoms with van der Waals surface area (Å²) < 4.78 is 5.29. The average molecular weight is 336 g/mol. The van der Waals surface area contributed by atoms with Gasteiger partial charge >= 0.3 is 0 Å². The Morgan fingerprint density at radius 3 is 2.70 bits per heavy atom. The number of amides is 2. The van der Waals surface area contributed by atoms with E-state index in [1.807, 2.05) is 4.90 Å². The molecular weight excluding hydrogens is 312 g/mol. The number of carbonyl (C=O) groups is 2. The number of hydrogen-bond acceptors (Lipinski definition) is 4. The van der Waals surface area contributed by atoms with E-state index in [-0.39, 0.29) is 23.2 Å². The zero-order chi connectivity index (χ0) is 16.4. The highest BCUT2D eigenvalue weighted by atomic mass is 32.2. The fourth-order valence-electron chi connectivity index (χ4n) is 3.29. The first kappa shape index (κ1) is 16.4. The Balaban J connectivity index is 1.82. The Morgan fingerprint density at radius 2 is 2.09 bits per heavy atom. The van der Waals surface area contributed by atoms with Gasteiger partial charge in [-0.15, -0.1) is 11.8 Å². The molecule has 23 heavy (non-hydrogen) atoms. The summed E-state index contributed by atoms with van der Waals surface area (Å²) >= 11 is 1.72. The molecule has 0 aromatic carbocycles. The fraction of sp³-hybridized carbons (Fsp3) is 0.647. The normalized spacial score (nSPS) is 24.7. The zero-order valence-corrected chi connectivity index (χ0v) is 14.6. The van der Waals surface area contributed by atoms with Crippen molar-refractivity contribution in [2.24, 2.45) is 5.92 Å². The Hall–Kier alpha value is -1.43. The lowest BCUT2D eigenvalue weighted by atomic mass is 10.1. The maximum absolute atomic E-state index is 12.9. The summed E-state index contributed by atoms with van der Waals surface area (Å²) in [7, 11) is 0. The van der Waals surface area contributed by atoms with Crippen LogP contribution in [0.5, 0.6) is 0 Å². The highest BCUT2D eigenvalue weighted by Gasteiger charge is 2.44. The van der Waals surface area contributed by atoms with Crippen LogP contribution in [0.1, 0.15) is 43.7 Å². The monoisotopic (exact) mass is 336 g/mol. The van der Waals surface area contributed by atoms with Crippen LogP contribution in [0.15, 0.2) is 22.8 Å². The smallest absolute Gasteiger partial charge is 0.291 e. The largest absolute Gasteiger partial charge is 0.459 e. The zero-order valence-electron chi connectivity index (χ0n) is 13.7. The van der Waals surface area contributed by atoms with E-state index in [9.17, 15) is 9.59 Å². The minimum Gasteiger partial charge on any atom is -0.459 e. The van der Waals surface area contributed by atoms with Crippen molar-refractivity contribution in [3.05, 3.63) is 24.2 Å². The molecule has 0 bridgehead atoms. The summed E-state index contributed by atoms with van der Waals surface area (Å²) in [4.78, 5) is 29.4. The second-order valence-electron chi connectivity index (χ2n) is 6.66. The third kappa shape index (κ3) is 3.42. The molecule has 2 aliphatic heterocycles. The van der Waals surface area contributed by atoms with Crippen LogP contribution in [0.2, 0.25) is 0 Å². The van der Waals surface area contributed by atoms with Crippen LogP contribution in [0.4, 0.5) is 0 Å². The lowest BCUT2D eigenvalue weighted by Crippen LogP contribution is -2.50. The minimum atomic E-state index is -0.362. The third-order valence-electron chi connectivity index (χ3n) is 4.43. The maximum atomic E-state index is 12.9. The van der Waals surface area contributed by atoms with E-state index < -0.39 is 0 Å². The first-order valence-corrected chi connectivity index (χ1v) is 9.39. The van der Waals surface area contributed by atoms with Gasteiger partial charge in [-0.05, 0) is 37.3 Å². The van der Waals surface area contributed by atoms with Crippen molar-refractivity contribution in [3.63, 3.8) is 0 Å². The Labute approximate surface area is 141 Å². The number of thioether (sulfide) groups is 1. The molecule has 2 amide bonds.